The van der Waals surface area contributed by atoms with Gasteiger partial charge in [0.05, 0.1) is 6.26 Å². The Balaban J connectivity index is 2.78. The van der Waals surface area contributed by atoms with Crippen molar-refractivity contribution in [2.75, 3.05) is 0 Å². The summed E-state index contributed by atoms with van der Waals surface area (Å²) in [7, 11) is 0. The van der Waals surface area contributed by atoms with Crippen molar-refractivity contribution in [3.63, 3.8) is 0 Å². The molecule has 0 radical (unpaired) electrons. The number of ether oxygens (including phenoxy) is 1. The fraction of sp³-hybridized carbons (Fsp3) is 0.500. The van der Waals surface area contributed by atoms with Crippen LogP contribution in [-0.2, 0) is 4.74 Å². The first-order valence-corrected chi connectivity index (χ1v) is 2.80. The van der Waals surface area contributed by atoms with E-state index in [9.17, 15) is 0 Å². The molecule has 2 N–H and O–H groups in total. The zero-order chi connectivity index (χ0) is 6.91. The van der Waals surface area contributed by atoms with E-state index in [1.807, 2.05) is 6.92 Å². The zero-order valence-electron chi connectivity index (χ0n) is 5.59. The van der Waals surface area contributed by atoms with E-state index >= 15 is 0 Å². The lowest BCUT2D eigenvalue weighted by Crippen LogP contribution is -2.34. The van der Waals surface area contributed by atoms with Crippen molar-refractivity contribution < 1.29 is 4.74 Å². The molecule has 0 saturated carbocycles. The van der Waals surface area contributed by atoms with Crippen LogP contribution in [0.15, 0.2) is 17.3 Å². The summed E-state index contributed by atoms with van der Waals surface area (Å²) in [5.74, 6) is 0.613. The molecule has 3 heteroatoms. The van der Waals surface area contributed by atoms with Crippen molar-refractivity contribution >= 4 is 5.90 Å². The highest BCUT2D eigenvalue weighted by Crippen LogP contribution is 2.08. The van der Waals surface area contributed by atoms with E-state index in [1.54, 1.807) is 19.3 Å². The maximum absolute atomic E-state index is 5.61. The van der Waals surface area contributed by atoms with E-state index in [0.29, 0.717) is 5.90 Å². The smallest absolute Gasteiger partial charge is 0.188 e. The summed E-state index contributed by atoms with van der Waals surface area (Å²) in [5.41, 5.74) is 5.05. The molecule has 0 aromatic carbocycles. The normalized spacial score (nSPS) is 33.4. The summed E-state index contributed by atoms with van der Waals surface area (Å²) < 4.78 is 4.90. The van der Waals surface area contributed by atoms with Crippen LogP contribution < -0.4 is 5.73 Å². The molecule has 1 rings (SSSR count). The minimum atomic E-state index is -0.567. The molecule has 0 spiro atoms. The lowest BCUT2D eigenvalue weighted by atomic mass is 10.2. The number of hydrogen-bond donors (Lipinski definition) is 1. The van der Waals surface area contributed by atoms with E-state index in [4.69, 9.17) is 10.5 Å². The number of hydrogen-bond acceptors (Lipinski definition) is 3. The van der Waals surface area contributed by atoms with Crippen LogP contribution >= 0.6 is 0 Å². The summed E-state index contributed by atoms with van der Waals surface area (Å²) in [6, 6.07) is 0. The standard InChI is InChI=1S/C6H10N2O/c1-5-8-6(2,7)3-4-9-5/h3-4H,7H2,1-2H3. The Bertz CT molecular complexity index is 170. The highest BCUT2D eigenvalue weighted by atomic mass is 16.5. The molecule has 1 aliphatic rings. The first-order valence-electron chi connectivity index (χ1n) is 2.80. The maximum Gasteiger partial charge on any atom is 0.188 e. The van der Waals surface area contributed by atoms with Crippen molar-refractivity contribution in [1.82, 2.24) is 0 Å². The molecule has 9 heavy (non-hydrogen) atoms. The third-order valence-electron chi connectivity index (χ3n) is 1.04. The quantitative estimate of drug-likeness (QED) is 0.517. The summed E-state index contributed by atoms with van der Waals surface area (Å²) in [5, 5.41) is 0. The molecule has 1 atom stereocenters. The minimum Gasteiger partial charge on any atom is -0.451 e. The first-order chi connectivity index (χ1) is 4.10. The van der Waals surface area contributed by atoms with Gasteiger partial charge in [-0.05, 0) is 13.0 Å². The highest BCUT2D eigenvalue weighted by Gasteiger charge is 2.15. The van der Waals surface area contributed by atoms with E-state index in [2.05, 4.69) is 4.99 Å². The average molecular weight is 126 g/mol. The Morgan fingerprint density at radius 3 is 2.78 bits per heavy atom. The lowest BCUT2D eigenvalue weighted by Gasteiger charge is -2.18. The summed E-state index contributed by atoms with van der Waals surface area (Å²) in [6.45, 7) is 3.59. The second-order valence-corrected chi connectivity index (χ2v) is 2.28. The van der Waals surface area contributed by atoms with Gasteiger partial charge in [-0.1, -0.05) is 0 Å². The molecule has 0 saturated heterocycles. The molecule has 0 fully saturated rings. The van der Waals surface area contributed by atoms with Crippen LogP contribution in [0, 0.1) is 0 Å². The Labute approximate surface area is 54.2 Å². The van der Waals surface area contributed by atoms with E-state index < -0.39 is 5.66 Å². The van der Waals surface area contributed by atoms with Crippen LogP contribution in [0.1, 0.15) is 13.8 Å². The number of aliphatic imine (C=N–C) groups is 1. The van der Waals surface area contributed by atoms with E-state index in [-0.39, 0.29) is 0 Å². The highest BCUT2D eigenvalue weighted by molar-refractivity contribution is 5.75. The van der Waals surface area contributed by atoms with Gasteiger partial charge in [0.2, 0.25) is 0 Å². The van der Waals surface area contributed by atoms with Crippen molar-refractivity contribution in [3.05, 3.63) is 12.3 Å². The van der Waals surface area contributed by atoms with Gasteiger partial charge in [-0.2, -0.15) is 0 Å². The Hall–Kier alpha value is -0.830. The van der Waals surface area contributed by atoms with E-state index in [0.717, 1.165) is 0 Å². The SMILES string of the molecule is CC1=NC(C)(N)C=CO1. The van der Waals surface area contributed by atoms with Gasteiger partial charge in [0, 0.05) is 6.92 Å². The third kappa shape index (κ3) is 1.54. The second kappa shape index (κ2) is 1.84. The Kier molecular flexibility index (Phi) is 1.29. The minimum absolute atomic E-state index is 0.567. The monoisotopic (exact) mass is 126 g/mol. The Morgan fingerprint density at radius 2 is 2.44 bits per heavy atom. The molecular formula is C6H10N2O. The van der Waals surface area contributed by atoms with Crippen molar-refractivity contribution in [3.8, 4) is 0 Å². The molecule has 1 aliphatic heterocycles. The number of nitrogens with zero attached hydrogens (tertiary/aromatic N) is 1. The van der Waals surface area contributed by atoms with Crippen LogP contribution in [0.25, 0.3) is 0 Å². The number of rotatable bonds is 0. The average Bonchev–Trinajstić information content (AvgIpc) is 1.60. The maximum atomic E-state index is 5.61. The molecule has 1 heterocycles. The molecule has 0 aromatic rings. The van der Waals surface area contributed by atoms with Gasteiger partial charge in [-0.25, -0.2) is 4.99 Å². The molecule has 3 nitrogen and oxygen atoms in total. The van der Waals surface area contributed by atoms with Gasteiger partial charge < -0.3 is 10.5 Å². The second-order valence-electron chi connectivity index (χ2n) is 2.28. The van der Waals surface area contributed by atoms with Gasteiger partial charge >= 0.3 is 0 Å². The molecule has 0 bridgehead atoms. The van der Waals surface area contributed by atoms with Crippen LogP contribution in [0.3, 0.4) is 0 Å². The van der Waals surface area contributed by atoms with Crippen LogP contribution in [0.4, 0.5) is 0 Å². The summed E-state index contributed by atoms with van der Waals surface area (Å²) >= 11 is 0. The molecular weight excluding hydrogens is 116 g/mol. The predicted octanol–water partition coefficient (Wildman–Crippen LogP) is 0.624. The van der Waals surface area contributed by atoms with Gasteiger partial charge in [-0.3, -0.25) is 0 Å². The fourth-order valence-electron chi connectivity index (χ4n) is 0.673. The van der Waals surface area contributed by atoms with Crippen LogP contribution in [0.5, 0.6) is 0 Å². The molecule has 1 unspecified atom stereocenters. The largest absolute Gasteiger partial charge is 0.451 e. The summed E-state index contributed by atoms with van der Waals surface area (Å²) in [6.07, 6.45) is 3.27. The molecule has 50 valence electrons. The third-order valence-corrected chi connectivity index (χ3v) is 1.04. The van der Waals surface area contributed by atoms with E-state index in [1.165, 1.54) is 0 Å². The lowest BCUT2D eigenvalue weighted by molar-refractivity contribution is 0.419. The number of nitrogens with two attached hydrogens (primary N) is 1. The molecule has 0 amide bonds. The van der Waals surface area contributed by atoms with Crippen molar-refractivity contribution in [2.45, 2.75) is 19.5 Å². The molecule has 0 aromatic heterocycles. The van der Waals surface area contributed by atoms with Crippen LogP contribution in [0.2, 0.25) is 0 Å². The van der Waals surface area contributed by atoms with Crippen molar-refractivity contribution in [1.29, 1.82) is 0 Å². The topological polar surface area (TPSA) is 47.6 Å². The van der Waals surface area contributed by atoms with Crippen molar-refractivity contribution in [2.24, 2.45) is 10.7 Å². The first kappa shape index (κ1) is 6.29. The predicted molar refractivity (Wildman–Crippen MR) is 35.9 cm³/mol. The summed E-state index contributed by atoms with van der Waals surface area (Å²) in [4.78, 5) is 4.00. The van der Waals surface area contributed by atoms with Crippen LogP contribution in [-0.4, -0.2) is 11.6 Å². The fourth-order valence-corrected chi connectivity index (χ4v) is 0.673. The molecule has 0 aliphatic carbocycles. The van der Waals surface area contributed by atoms with Gasteiger partial charge in [-0.15, -0.1) is 0 Å². The van der Waals surface area contributed by atoms with Gasteiger partial charge in [0.25, 0.3) is 0 Å². The Morgan fingerprint density at radius 1 is 1.78 bits per heavy atom. The zero-order valence-corrected chi connectivity index (χ0v) is 5.59. The van der Waals surface area contributed by atoms with Gasteiger partial charge in [0.15, 0.2) is 5.90 Å². The van der Waals surface area contributed by atoms with Gasteiger partial charge in [0.1, 0.15) is 5.66 Å².